The highest BCUT2D eigenvalue weighted by molar-refractivity contribution is 5.89. The number of rotatable bonds is 3. The molecule has 0 aliphatic carbocycles. The van der Waals surface area contributed by atoms with E-state index >= 15 is 0 Å². The van der Waals surface area contributed by atoms with E-state index in [1.165, 1.54) is 4.90 Å². The van der Waals surface area contributed by atoms with Crippen LogP contribution in [0.25, 0.3) is 0 Å². The summed E-state index contributed by atoms with van der Waals surface area (Å²) in [5.74, 6) is -0.969. The van der Waals surface area contributed by atoms with Gasteiger partial charge in [0.2, 0.25) is 5.91 Å². The van der Waals surface area contributed by atoms with E-state index in [0.29, 0.717) is 18.5 Å². The maximum atomic E-state index is 12.1. The molecule has 1 heterocycles. The number of carbonyl (C=O) groups excluding carboxylic acids is 2. The van der Waals surface area contributed by atoms with E-state index in [4.69, 9.17) is 5.73 Å². The molecular formula is C13H16N2O3. The zero-order valence-electron chi connectivity index (χ0n) is 9.95. The van der Waals surface area contributed by atoms with Crippen molar-refractivity contribution in [1.82, 2.24) is 4.90 Å². The minimum atomic E-state index is -1.23. The lowest BCUT2D eigenvalue weighted by Gasteiger charge is -2.24. The van der Waals surface area contributed by atoms with Crippen LogP contribution in [0.3, 0.4) is 0 Å². The first-order valence-electron chi connectivity index (χ1n) is 5.94. The molecule has 2 atom stereocenters. The summed E-state index contributed by atoms with van der Waals surface area (Å²) < 4.78 is 0. The minimum absolute atomic E-state index is 0.456. The molecule has 2 rings (SSSR count). The van der Waals surface area contributed by atoms with Crippen molar-refractivity contribution in [2.45, 2.75) is 25.0 Å². The summed E-state index contributed by atoms with van der Waals surface area (Å²) in [4.78, 5) is 24.7. The first kappa shape index (κ1) is 12.6. The van der Waals surface area contributed by atoms with Crippen molar-refractivity contribution in [3.8, 4) is 0 Å². The third kappa shape index (κ3) is 2.36. The van der Waals surface area contributed by atoms with Crippen LogP contribution < -0.4 is 5.73 Å². The molecule has 2 amide bonds. The fourth-order valence-electron chi connectivity index (χ4n) is 2.26. The molecule has 5 nitrogen and oxygen atoms in total. The van der Waals surface area contributed by atoms with Gasteiger partial charge in [-0.1, -0.05) is 30.3 Å². The van der Waals surface area contributed by atoms with E-state index < -0.39 is 24.0 Å². The van der Waals surface area contributed by atoms with E-state index in [1.54, 1.807) is 24.3 Å². The predicted molar refractivity (Wildman–Crippen MR) is 65.3 cm³/mol. The molecule has 1 aromatic carbocycles. The highest BCUT2D eigenvalue weighted by Crippen LogP contribution is 2.23. The Labute approximate surface area is 105 Å². The summed E-state index contributed by atoms with van der Waals surface area (Å²) in [5, 5.41) is 10.0. The second-order valence-corrected chi connectivity index (χ2v) is 4.41. The van der Waals surface area contributed by atoms with Gasteiger partial charge in [-0.05, 0) is 18.4 Å². The number of nitrogens with zero attached hydrogens (tertiary/aromatic N) is 1. The Morgan fingerprint density at radius 2 is 2.00 bits per heavy atom. The summed E-state index contributed by atoms with van der Waals surface area (Å²) in [6.45, 7) is 0.469. The summed E-state index contributed by atoms with van der Waals surface area (Å²) in [6.07, 6.45) is 0.0786. The molecule has 1 saturated heterocycles. The normalized spacial score (nSPS) is 20.7. The number of aliphatic hydroxyl groups is 1. The maximum absolute atomic E-state index is 12.1. The number of aliphatic hydroxyl groups excluding tert-OH is 1. The van der Waals surface area contributed by atoms with Gasteiger partial charge < -0.3 is 15.7 Å². The number of amides is 2. The Kier molecular flexibility index (Phi) is 3.62. The zero-order chi connectivity index (χ0) is 13.1. The second-order valence-electron chi connectivity index (χ2n) is 4.41. The van der Waals surface area contributed by atoms with Crippen molar-refractivity contribution in [3.05, 3.63) is 35.9 Å². The van der Waals surface area contributed by atoms with Gasteiger partial charge in [0.25, 0.3) is 5.91 Å². The van der Waals surface area contributed by atoms with Crippen molar-refractivity contribution in [3.63, 3.8) is 0 Å². The lowest BCUT2D eigenvalue weighted by molar-refractivity contribution is -0.144. The van der Waals surface area contributed by atoms with Gasteiger partial charge in [0, 0.05) is 6.54 Å². The van der Waals surface area contributed by atoms with Crippen molar-refractivity contribution in [2.75, 3.05) is 6.54 Å². The SMILES string of the molecule is NC(=O)C1CCCN1C(=O)[C@H](O)c1ccccc1. The summed E-state index contributed by atoms with van der Waals surface area (Å²) >= 11 is 0. The fraction of sp³-hybridized carbons (Fsp3) is 0.385. The summed E-state index contributed by atoms with van der Waals surface area (Å²) in [5.41, 5.74) is 5.78. The topological polar surface area (TPSA) is 83.6 Å². The van der Waals surface area contributed by atoms with Crippen LogP contribution in [0.5, 0.6) is 0 Å². The minimum Gasteiger partial charge on any atom is -0.378 e. The lowest BCUT2D eigenvalue weighted by Crippen LogP contribution is -2.45. The molecule has 0 spiro atoms. The highest BCUT2D eigenvalue weighted by atomic mass is 16.3. The Bertz CT molecular complexity index is 447. The molecule has 0 saturated carbocycles. The third-order valence-corrected chi connectivity index (χ3v) is 3.21. The molecule has 1 aliphatic heterocycles. The quantitative estimate of drug-likeness (QED) is 0.801. The van der Waals surface area contributed by atoms with E-state index in [0.717, 1.165) is 6.42 Å². The van der Waals surface area contributed by atoms with Crippen LogP contribution in [0.1, 0.15) is 24.5 Å². The van der Waals surface area contributed by atoms with Gasteiger partial charge in [-0.3, -0.25) is 9.59 Å². The van der Waals surface area contributed by atoms with Gasteiger partial charge in [0.15, 0.2) is 6.10 Å². The van der Waals surface area contributed by atoms with Crippen LogP contribution >= 0.6 is 0 Å². The molecule has 0 aromatic heterocycles. The third-order valence-electron chi connectivity index (χ3n) is 3.21. The largest absolute Gasteiger partial charge is 0.378 e. The number of benzene rings is 1. The van der Waals surface area contributed by atoms with Crippen LogP contribution in [0.15, 0.2) is 30.3 Å². The lowest BCUT2D eigenvalue weighted by atomic mass is 10.1. The smallest absolute Gasteiger partial charge is 0.256 e. The van der Waals surface area contributed by atoms with Gasteiger partial charge in [-0.15, -0.1) is 0 Å². The molecule has 0 radical (unpaired) electrons. The standard InChI is InChI=1S/C13H16N2O3/c14-12(17)10-7-4-8-15(10)13(18)11(16)9-5-2-1-3-6-9/h1-3,5-6,10-11,16H,4,7-8H2,(H2,14,17)/t10?,11-/m1/s1. The Hall–Kier alpha value is -1.88. The number of hydrogen-bond donors (Lipinski definition) is 2. The van der Waals surface area contributed by atoms with E-state index in [9.17, 15) is 14.7 Å². The van der Waals surface area contributed by atoms with Crippen molar-refractivity contribution < 1.29 is 14.7 Å². The van der Waals surface area contributed by atoms with Crippen LogP contribution in [-0.4, -0.2) is 34.4 Å². The van der Waals surface area contributed by atoms with Crippen molar-refractivity contribution >= 4 is 11.8 Å². The number of carbonyl (C=O) groups is 2. The van der Waals surface area contributed by atoms with E-state index in [2.05, 4.69) is 0 Å². The van der Waals surface area contributed by atoms with Gasteiger partial charge in [-0.2, -0.15) is 0 Å². The summed E-state index contributed by atoms with van der Waals surface area (Å²) in [6, 6.07) is 8.08. The average molecular weight is 248 g/mol. The van der Waals surface area contributed by atoms with Crippen LogP contribution in [0.4, 0.5) is 0 Å². The number of hydrogen-bond acceptors (Lipinski definition) is 3. The molecule has 0 bridgehead atoms. The first-order valence-corrected chi connectivity index (χ1v) is 5.94. The van der Waals surface area contributed by atoms with Crippen molar-refractivity contribution in [2.24, 2.45) is 5.73 Å². The van der Waals surface area contributed by atoms with Crippen LogP contribution in [0, 0.1) is 0 Å². The maximum Gasteiger partial charge on any atom is 0.256 e. The first-order chi connectivity index (χ1) is 8.61. The fourth-order valence-corrected chi connectivity index (χ4v) is 2.26. The van der Waals surface area contributed by atoms with E-state index in [1.807, 2.05) is 6.07 Å². The Balaban J connectivity index is 2.14. The van der Waals surface area contributed by atoms with Gasteiger partial charge in [0.05, 0.1) is 0 Å². The van der Waals surface area contributed by atoms with Gasteiger partial charge >= 0.3 is 0 Å². The molecule has 1 unspecified atom stereocenters. The molecule has 3 N–H and O–H groups in total. The highest BCUT2D eigenvalue weighted by Gasteiger charge is 2.35. The number of primary amides is 1. The average Bonchev–Trinajstić information content (AvgIpc) is 2.87. The molecule has 1 aromatic rings. The molecule has 1 fully saturated rings. The number of nitrogens with two attached hydrogens (primary N) is 1. The predicted octanol–water partition coefficient (Wildman–Crippen LogP) is 0.196. The van der Waals surface area contributed by atoms with Gasteiger partial charge in [0.1, 0.15) is 6.04 Å². The molecule has 1 aliphatic rings. The van der Waals surface area contributed by atoms with E-state index in [-0.39, 0.29) is 0 Å². The van der Waals surface area contributed by atoms with Gasteiger partial charge in [-0.25, -0.2) is 0 Å². The molecular weight excluding hydrogens is 232 g/mol. The monoisotopic (exact) mass is 248 g/mol. The molecule has 18 heavy (non-hydrogen) atoms. The molecule has 5 heteroatoms. The summed E-state index contributed by atoms with van der Waals surface area (Å²) in [7, 11) is 0. The zero-order valence-corrected chi connectivity index (χ0v) is 9.95. The molecule has 96 valence electrons. The van der Waals surface area contributed by atoms with Crippen LogP contribution in [-0.2, 0) is 9.59 Å². The van der Waals surface area contributed by atoms with Crippen molar-refractivity contribution in [1.29, 1.82) is 0 Å². The Morgan fingerprint density at radius 1 is 1.33 bits per heavy atom. The second kappa shape index (κ2) is 5.18. The Morgan fingerprint density at radius 3 is 2.61 bits per heavy atom. The number of likely N-dealkylation sites (tertiary alicyclic amines) is 1. The van der Waals surface area contributed by atoms with Crippen LogP contribution in [0.2, 0.25) is 0 Å².